The summed E-state index contributed by atoms with van der Waals surface area (Å²) >= 11 is 3.38. The zero-order valence-corrected chi connectivity index (χ0v) is 19.9. The number of methoxy groups -OCH3 is 1. The maximum atomic E-state index is 13.2. The van der Waals surface area contributed by atoms with Crippen molar-refractivity contribution in [3.8, 4) is 11.5 Å². The van der Waals surface area contributed by atoms with Crippen LogP contribution in [0.15, 0.2) is 57.4 Å². The number of nitro groups is 1. The lowest BCUT2D eigenvalue weighted by molar-refractivity contribution is -0.385. The molecule has 0 aliphatic rings. The van der Waals surface area contributed by atoms with Crippen molar-refractivity contribution in [1.82, 2.24) is 9.66 Å². The standard InChI is InChI=1S/C23H23BrN4O5/c1-4-6-7-21-26-18-9-8-16(24)13-17(18)23(29)27(21)25-14-15-11-19(28(30)31)22(33-10-5-2)20(12-15)32-3/h5,8-9,11-14H,2,4,6-7,10H2,1,3H3. The Hall–Kier alpha value is -3.53. The number of hydrogen-bond acceptors (Lipinski definition) is 7. The van der Waals surface area contributed by atoms with Crippen LogP contribution in [0, 0.1) is 10.1 Å². The SMILES string of the molecule is C=CCOc1c(OC)cc(C=Nn2c(CCCC)nc3ccc(Br)cc3c2=O)cc1[N+](=O)[O-]. The molecule has 10 heteroatoms. The smallest absolute Gasteiger partial charge is 0.315 e. The topological polar surface area (TPSA) is 109 Å². The number of fused-ring (bicyclic) bond motifs is 1. The first-order valence-electron chi connectivity index (χ1n) is 10.2. The molecular formula is C23H23BrN4O5. The van der Waals surface area contributed by atoms with Gasteiger partial charge in [-0.25, -0.2) is 4.98 Å². The fourth-order valence-electron chi connectivity index (χ4n) is 3.19. The molecule has 0 unspecified atom stereocenters. The fourth-order valence-corrected chi connectivity index (χ4v) is 3.55. The average Bonchev–Trinajstić information content (AvgIpc) is 2.81. The molecule has 2 aromatic carbocycles. The Bertz CT molecular complexity index is 1290. The van der Waals surface area contributed by atoms with Gasteiger partial charge >= 0.3 is 5.69 Å². The lowest BCUT2D eigenvalue weighted by Gasteiger charge is -2.11. The molecule has 0 saturated heterocycles. The molecule has 0 N–H and O–H groups in total. The molecule has 9 nitrogen and oxygen atoms in total. The summed E-state index contributed by atoms with van der Waals surface area (Å²) in [6.45, 7) is 5.68. The number of rotatable bonds is 10. The largest absolute Gasteiger partial charge is 0.493 e. The average molecular weight is 515 g/mol. The second-order valence-corrected chi connectivity index (χ2v) is 8.00. The Balaban J connectivity index is 2.13. The summed E-state index contributed by atoms with van der Waals surface area (Å²) in [5.74, 6) is 0.685. The van der Waals surface area contributed by atoms with Gasteiger partial charge in [0, 0.05) is 22.5 Å². The maximum Gasteiger partial charge on any atom is 0.315 e. The van der Waals surface area contributed by atoms with E-state index in [2.05, 4.69) is 32.6 Å². The highest BCUT2D eigenvalue weighted by molar-refractivity contribution is 9.10. The number of aryl methyl sites for hydroxylation is 1. The summed E-state index contributed by atoms with van der Waals surface area (Å²) in [6.07, 6.45) is 5.17. The monoisotopic (exact) mass is 514 g/mol. The Morgan fingerprint density at radius 3 is 2.79 bits per heavy atom. The van der Waals surface area contributed by atoms with Crippen molar-refractivity contribution in [3.63, 3.8) is 0 Å². The molecule has 3 rings (SSSR count). The van der Waals surface area contributed by atoms with Gasteiger partial charge in [-0.2, -0.15) is 9.78 Å². The van der Waals surface area contributed by atoms with Crippen LogP contribution in [0.1, 0.15) is 31.2 Å². The van der Waals surface area contributed by atoms with Crippen LogP contribution in [0.4, 0.5) is 5.69 Å². The highest BCUT2D eigenvalue weighted by Gasteiger charge is 2.22. The molecule has 0 amide bonds. The Morgan fingerprint density at radius 1 is 1.33 bits per heavy atom. The van der Waals surface area contributed by atoms with E-state index in [1.807, 2.05) is 13.0 Å². The van der Waals surface area contributed by atoms with E-state index in [0.29, 0.717) is 28.7 Å². The van der Waals surface area contributed by atoms with E-state index in [4.69, 9.17) is 9.47 Å². The van der Waals surface area contributed by atoms with Crippen molar-refractivity contribution < 1.29 is 14.4 Å². The van der Waals surface area contributed by atoms with Gasteiger partial charge in [0.05, 0.1) is 29.2 Å². The second-order valence-electron chi connectivity index (χ2n) is 7.08. The van der Waals surface area contributed by atoms with Crippen LogP contribution in [0.25, 0.3) is 10.9 Å². The van der Waals surface area contributed by atoms with Gasteiger partial charge in [0.1, 0.15) is 12.4 Å². The lowest BCUT2D eigenvalue weighted by Crippen LogP contribution is -2.22. The summed E-state index contributed by atoms with van der Waals surface area (Å²) in [7, 11) is 1.39. The Labute approximate surface area is 198 Å². The van der Waals surface area contributed by atoms with Crippen molar-refractivity contribution in [2.45, 2.75) is 26.2 Å². The van der Waals surface area contributed by atoms with Gasteiger partial charge in [-0.1, -0.05) is 41.9 Å². The predicted molar refractivity (Wildman–Crippen MR) is 131 cm³/mol. The maximum absolute atomic E-state index is 13.2. The van der Waals surface area contributed by atoms with Crippen molar-refractivity contribution in [2.24, 2.45) is 5.10 Å². The van der Waals surface area contributed by atoms with E-state index >= 15 is 0 Å². The van der Waals surface area contributed by atoms with Gasteiger partial charge in [0.15, 0.2) is 5.75 Å². The molecule has 0 spiro atoms. The number of unbranched alkanes of at least 4 members (excludes halogenated alkanes) is 1. The minimum atomic E-state index is -0.563. The summed E-state index contributed by atoms with van der Waals surface area (Å²) in [5.41, 5.74) is 0.349. The molecule has 0 atom stereocenters. The van der Waals surface area contributed by atoms with Crippen molar-refractivity contribution in [3.05, 3.63) is 79.3 Å². The summed E-state index contributed by atoms with van der Waals surface area (Å²) < 4.78 is 12.7. The van der Waals surface area contributed by atoms with Crippen LogP contribution < -0.4 is 15.0 Å². The third kappa shape index (κ3) is 5.46. The molecule has 0 bridgehead atoms. The molecule has 0 radical (unpaired) electrons. The van der Waals surface area contributed by atoms with E-state index in [-0.39, 0.29) is 29.4 Å². The first kappa shape index (κ1) is 24.1. The normalized spacial score (nSPS) is 11.1. The van der Waals surface area contributed by atoms with Crippen molar-refractivity contribution in [1.29, 1.82) is 0 Å². The lowest BCUT2D eigenvalue weighted by atomic mass is 10.2. The zero-order chi connectivity index (χ0) is 24.0. The van der Waals surface area contributed by atoms with Crippen LogP contribution in [0.2, 0.25) is 0 Å². The minimum absolute atomic E-state index is 0.00225. The molecule has 0 aliphatic carbocycles. The third-order valence-corrected chi connectivity index (χ3v) is 5.26. The molecule has 0 aliphatic heterocycles. The van der Waals surface area contributed by atoms with Crippen LogP contribution in [0.5, 0.6) is 11.5 Å². The quantitative estimate of drug-likeness (QED) is 0.165. The molecular weight excluding hydrogens is 492 g/mol. The summed E-state index contributed by atoms with van der Waals surface area (Å²) in [5, 5.41) is 16.4. The summed E-state index contributed by atoms with van der Waals surface area (Å²) in [6, 6.07) is 8.16. The van der Waals surface area contributed by atoms with Crippen LogP contribution in [0.3, 0.4) is 0 Å². The van der Waals surface area contributed by atoms with Crippen molar-refractivity contribution >= 4 is 38.7 Å². The molecule has 33 heavy (non-hydrogen) atoms. The van der Waals surface area contributed by atoms with E-state index in [1.54, 1.807) is 18.2 Å². The number of benzene rings is 2. The van der Waals surface area contributed by atoms with Crippen LogP contribution in [-0.4, -0.2) is 34.5 Å². The minimum Gasteiger partial charge on any atom is -0.493 e. The molecule has 172 valence electrons. The number of hydrogen-bond donors (Lipinski definition) is 0. The van der Waals surface area contributed by atoms with E-state index in [9.17, 15) is 14.9 Å². The van der Waals surface area contributed by atoms with Gasteiger partial charge < -0.3 is 9.47 Å². The number of ether oxygens (including phenoxy) is 2. The Kier molecular flexibility index (Phi) is 7.94. The van der Waals surface area contributed by atoms with Gasteiger partial charge in [0.25, 0.3) is 5.56 Å². The zero-order valence-electron chi connectivity index (χ0n) is 18.3. The van der Waals surface area contributed by atoms with Gasteiger partial charge in [-0.15, -0.1) is 0 Å². The number of nitro benzene ring substituents is 1. The van der Waals surface area contributed by atoms with E-state index in [0.717, 1.165) is 17.3 Å². The summed E-state index contributed by atoms with van der Waals surface area (Å²) in [4.78, 5) is 28.9. The van der Waals surface area contributed by atoms with Crippen LogP contribution >= 0.6 is 15.9 Å². The van der Waals surface area contributed by atoms with E-state index < -0.39 is 4.92 Å². The van der Waals surface area contributed by atoms with E-state index in [1.165, 1.54) is 30.1 Å². The highest BCUT2D eigenvalue weighted by Crippen LogP contribution is 2.38. The number of halogens is 1. The number of aromatic nitrogens is 2. The first-order valence-corrected chi connectivity index (χ1v) is 11.0. The first-order chi connectivity index (χ1) is 15.9. The van der Waals surface area contributed by atoms with Gasteiger partial charge in [-0.3, -0.25) is 14.9 Å². The molecule has 0 fully saturated rings. The third-order valence-electron chi connectivity index (χ3n) is 4.77. The van der Waals surface area contributed by atoms with Gasteiger partial charge in [0.2, 0.25) is 5.75 Å². The predicted octanol–water partition coefficient (Wildman–Crippen LogP) is 4.87. The van der Waals surface area contributed by atoms with Crippen molar-refractivity contribution in [2.75, 3.05) is 13.7 Å². The highest BCUT2D eigenvalue weighted by atomic mass is 79.9. The second kappa shape index (κ2) is 10.9. The fraction of sp³-hybridized carbons (Fsp3) is 0.261. The molecule has 0 saturated carbocycles. The van der Waals surface area contributed by atoms with Crippen LogP contribution in [-0.2, 0) is 6.42 Å². The Morgan fingerprint density at radius 2 is 2.12 bits per heavy atom. The molecule has 1 aromatic heterocycles. The van der Waals surface area contributed by atoms with Gasteiger partial charge in [-0.05, 0) is 30.7 Å². The number of nitrogens with zero attached hydrogens (tertiary/aromatic N) is 4. The molecule has 1 heterocycles. The molecule has 3 aromatic rings.